The fraction of sp³-hybridized carbons (Fsp3) is 0.111. The summed E-state index contributed by atoms with van der Waals surface area (Å²) in [7, 11) is 1.58. The maximum atomic E-state index is 12.1. The van der Waals surface area contributed by atoms with Gasteiger partial charge in [0, 0.05) is 33.6 Å². The molecule has 0 unspecified atom stereocenters. The highest BCUT2D eigenvalue weighted by atomic mass is 35.5. The van der Waals surface area contributed by atoms with Crippen LogP contribution in [0.1, 0.15) is 15.9 Å². The highest BCUT2D eigenvalue weighted by molar-refractivity contribution is 6.30. The molecule has 0 aliphatic carbocycles. The van der Waals surface area contributed by atoms with E-state index in [1.54, 1.807) is 49.6 Å². The van der Waals surface area contributed by atoms with Crippen LogP contribution in [0.15, 0.2) is 53.3 Å². The number of methoxy groups -OCH3 is 1. The standard InChI is InChI=1S/C18H15ClN2O3/c1-24-15-5-6-16-12(9-15)7-13(18(23)21-16)10-20-17(22)11-3-2-4-14(19)8-11/h2-9H,10H2,1H3,(H,20,22)(H,21,23). The minimum absolute atomic E-state index is 0.119. The van der Waals surface area contributed by atoms with Crippen molar-refractivity contribution in [2.24, 2.45) is 0 Å². The number of H-pyrrole nitrogens is 1. The molecule has 122 valence electrons. The molecule has 1 heterocycles. The van der Waals surface area contributed by atoms with Gasteiger partial charge in [-0.3, -0.25) is 9.59 Å². The second-order valence-electron chi connectivity index (χ2n) is 5.27. The van der Waals surface area contributed by atoms with Crippen molar-refractivity contribution in [3.05, 3.63) is 75.0 Å². The highest BCUT2D eigenvalue weighted by Crippen LogP contribution is 2.18. The molecule has 0 atom stereocenters. The molecule has 1 amide bonds. The first kappa shape index (κ1) is 16.1. The topological polar surface area (TPSA) is 71.2 Å². The van der Waals surface area contributed by atoms with Crippen LogP contribution in [0.3, 0.4) is 0 Å². The molecule has 0 fully saturated rings. The van der Waals surface area contributed by atoms with E-state index in [1.807, 2.05) is 6.07 Å². The Hall–Kier alpha value is -2.79. The van der Waals surface area contributed by atoms with Gasteiger partial charge < -0.3 is 15.0 Å². The van der Waals surface area contributed by atoms with Crippen LogP contribution >= 0.6 is 11.6 Å². The quantitative estimate of drug-likeness (QED) is 0.765. The Morgan fingerprint density at radius 3 is 2.79 bits per heavy atom. The molecule has 0 bridgehead atoms. The van der Waals surface area contributed by atoms with Gasteiger partial charge in [0.1, 0.15) is 5.75 Å². The molecule has 5 nitrogen and oxygen atoms in total. The number of fused-ring (bicyclic) bond motifs is 1. The van der Waals surface area contributed by atoms with Gasteiger partial charge in [0.05, 0.1) is 7.11 Å². The van der Waals surface area contributed by atoms with E-state index in [-0.39, 0.29) is 18.0 Å². The Labute approximate surface area is 143 Å². The van der Waals surface area contributed by atoms with E-state index >= 15 is 0 Å². The minimum Gasteiger partial charge on any atom is -0.497 e. The molecule has 3 rings (SSSR count). The number of halogens is 1. The van der Waals surface area contributed by atoms with E-state index in [2.05, 4.69) is 10.3 Å². The molecule has 0 aliphatic rings. The van der Waals surface area contributed by atoms with Gasteiger partial charge in [-0.1, -0.05) is 17.7 Å². The zero-order valence-corrected chi connectivity index (χ0v) is 13.7. The Morgan fingerprint density at radius 2 is 2.04 bits per heavy atom. The second-order valence-corrected chi connectivity index (χ2v) is 5.71. The third kappa shape index (κ3) is 3.41. The summed E-state index contributed by atoms with van der Waals surface area (Å²) in [6.45, 7) is 0.119. The Morgan fingerprint density at radius 1 is 1.21 bits per heavy atom. The molecular formula is C18H15ClN2O3. The maximum Gasteiger partial charge on any atom is 0.253 e. The van der Waals surface area contributed by atoms with Gasteiger partial charge in [0.25, 0.3) is 11.5 Å². The van der Waals surface area contributed by atoms with Crippen molar-refractivity contribution in [2.45, 2.75) is 6.54 Å². The van der Waals surface area contributed by atoms with Gasteiger partial charge in [-0.25, -0.2) is 0 Å². The molecule has 24 heavy (non-hydrogen) atoms. The molecular weight excluding hydrogens is 328 g/mol. The predicted octanol–water partition coefficient (Wildman–Crippen LogP) is 3.12. The first-order valence-electron chi connectivity index (χ1n) is 7.30. The minimum atomic E-state index is -0.289. The maximum absolute atomic E-state index is 12.1. The number of benzene rings is 2. The van der Waals surface area contributed by atoms with E-state index in [1.165, 1.54) is 0 Å². The molecule has 0 radical (unpaired) electrons. The summed E-state index contributed by atoms with van der Waals surface area (Å²) in [4.78, 5) is 27.1. The van der Waals surface area contributed by atoms with E-state index in [4.69, 9.17) is 16.3 Å². The number of amides is 1. The lowest BCUT2D eigenvalue weighted by molar-refractivity contribution is 0.0951. The van der Waals surface area contributed by atoms with Gasteiger partial charge in [-0.2, -0.15) is 0 Å². The molecule has 6 heteroatoms. The van der Waals surface area contributed by atoms with Crippen LogP contribution in [0.4, 0.5) is 0 Å². The Bertz CT molecular complexity index is 966. The average Bonchev–Trinajstić information content (AvgIpc) is 2.59. The van der Waals surface area contributed by atoms with Crippen LogP contribution < -0.4 is 15.6 Å². The summed E-state index contributed by atoms with van der Waals surface area (Å²) < 4.78 is 5.19. The summed E-state index contributed by atoms with van der Waals surface area (Å²) in [6, 6.07) is 13.8. The van der Waals surface area contributed by atoms with E-state index in [0.717, 1.165) is 5.39 Å². The van der Waals surface area contributed by atoms with Crippen LogP contribution in [-0.4, -0.2) is 18.0 Å². The summed E-state index contributed by atoms with van der Waals surface area (Å²) in [5, 5.41) is 4.05. The summed E-state index contributed by atoms with van der Waals surface area (Å²) >= 11 is 5.88. The van der Waals surface area contributed by atoms with Gasteiger partial charge >= 0.3 is 0 Å². The highest BCUT2D eigenvalue weighted by Gasteiger charge is 2.08. The van der Waals surface area contributed by atoms with Crippen molar-refractivity contribution >= 4 is 28.4 Å². The van der Waals surface area contributed by atoms with E-state index in [9.17, 15) is 9.59 Å². The number of carbonyl (C=O) groups is 1. The number of hydrogen-bond acceptors (Lipinski definition) is 3. The molecule has 2 aromatic carbocycles. The number of carbonyl (C=O) groups excluding carboxylic acids is 1. The first-order valence-corrected chi connectivity index (χ1v) is 7.68. The third-order valence-electron chi connectivity index (χ3n) is 3.65. The lowest BCUT2D eigenvalue weighted by Gasteiger charge is -2.07. The zero-order chi connectivity index (χ0) is 17.1. The third-order valence-corrected chi connectivity index (χ3v) is 3.89. The summed E-state index contributed by atoms with van der Waals surface area (Å²) in [5.41, 5.74) is 1.39. The van der Waals surface area contributed by atoms with Crippen LogP contribution in [0.25, 0.3) is 10.9 Å². The molecule has 2 N–H and O–H groups in total. The monoisotopic (exact) mass is 342 g/mol. The molecule has 0 saturated carbocycles. The number of rotatable bonds is 4. The number of hydrogen-bond donors (Lipinski definition) is 2. The summed E-state index contributed by atoms with van der Waals surface area (Å²) in [6.07, 6.45) is 0. The number of nitrogens with one attached hydrogen (secondary N) is 2. The van der Waals surface area contributed by atoms with E-state index < -0.39 is 0 Å². The smallest absolute Gasteiger partial charge is 0.253 e. The van der Waals surface area contributed by atoms with Crippen LogP contribution in [-0.2, 0) is 6.54 Å². The van der Waals surface area contributed by atoms with Crippen molar-refractivity contribution in [2.75, 3.05) is 7.11 Å². The normalized spacial score (nSPS) is 10.6. The molecule has 3 aromatic rings. The molecule has 1 aromatic heterocycles. The molecule has 0 spiro atoms. The lowest BCUT2D eigenvalue weighted by atomic mass is 10.1. The fourth-order valence-corrected chi connectivity index (χ4v) is 2.59. The van der Waals surface area contributed by atoms with Crippen molar-refractivity contribution in [3.8, 4) is 5.75 Å². The van der Waals surface area contributed by atoms with Crippen LogP contribution in [0.5, 0.6) is 5.75 Å². The van der Waals surface area contributed by atoms with Crippen LogP contribution in [0, 0.1) is 0 Å². The van der Waals surface area contributed by atoms with Gasteiger partial charge in [0.15, 0.2) is 0 Å². The fourth-order valence-electron chi connectivity index (χ4n) is 2.40. The number of pyridine rings is 1. The van der Waals surface area contributed by atoms with Gasteiger partial charge in [0.2, 0.25) is 0 Å². The van der Waals surface area contributed by atoms with E-state index in [0.29, 0.717) is 27.4 Å². The lowest BCUT2D eigenvalue weighted by Crippen LogP contribution is -2.26. The SMILES string of the molecule is COc1ccc2[nH]c(=O)c(CNC(=O)c3cccc(Cl)c3)cc2c1. The summed E-state index contributed by atoms with van der Waals surface area (Å²) in [5.74, 6) is 0.408. The van der Waals surface area contributed by atoms with Crippen molar-refractivity contribution in [1.29, 1.82) is 0 Å². The van der Waals surface area contributed by atoms with Crippen molar-refractivity contribution < 1.29 is 9.53 Å². The number of aromatic amines is 1. The van der Waals surface area contributed by atoms with Crippen molar-refractivity contribution in [1.82, 2.24) is 10.3 Å². The van der Waals surface area contributed by atoms with Crippen molar-refractivity contribution in [3.63, 3.8) is 0 Å². The molecule has 0 saturated heterocycles. The molecule has 0 aliphatic heterocycles. The van der Waals surface area contributed by atoms with Gasteiger partial charge in [-0.05, 0) is 42.5 Å². The average molecular weight is 343 g/mol. The number of ether oxygens (including phenoxy) is 1. The Balaban J connectivity index is 1.83. The predicted molar refractivity (Wildman–Crippen MR) is 93.7 cm³/mol. The Kier molecular flexibility index (Phi) is 4.53. The van der Waals surface area contributed by atoms with Crippen LogP contribution in [0.2, 0.25) is 5.02 Å². The number of aromatic nitrogens is 1. The second kappa shape index (κ2) is 6.76. The first-order chi connectivity index (χ1) is 11.6. The van der Waals surface area contributed by atoms with Gasteiger partial charge in [-0.15, -0.1) is 0 Å². The largest absolute Gasteiger partial charge is 0.497 e. The zero-order valence-electron chi connectivity index (χ0n) is 12.9.